The van der Waals surface area contributed by atoms with Gasteiger partial charge in [0, 0.05) is 11.6 Å². The lowest BCUT2D eigenvalue weighted by Gasteiger charge is -2.27. The Morgan fingerprint density at radius 2 is 1.88 bits per heavy atom. The number of hydrogen-bond donors (Lipinski definition) is 2. The molecule has 5 heteroatoms. The summed E-state index contributed by atoms with van der Waals surface area (Å²) >= 11 is 0. The van der Waals surface area contributed by atoms with Crippen molar-refractivity contribution in [1.29, 1.82) is 0 Å². The van der Waals surface area contributed by atoms with Crippen molar-refractivity contribution in [1.82, 2.24) is 10.3 Å². The molecule has 1 aliphatic rings. The van der Waals surface area contributed by atoms with Crippen molar-refractivity contribution in [3.05, 3.63) is 23.9 Å². The van der Waals surface area contributed by atoms with E-state index < -0.39 is 6.04 Å². The number of amides is 2. The summed E-state index contributed by atoms with van der Waals surface area (Å²) in [5.41, 5.74) is 0.846. The Morgan fingerprint density at radius 3 is 2.48 bits per heavy atom. The number of rotatable bonds is 6. The minimum Gasteiger partial charge on any atom is -0.344 e. The Balaban J connectivity index is 1.99. The van der Waals surface area contributed by atoms with Gasteiger partial charge in [0.15, 0.2) is 0 Å². The first kappa shape index (κ1) is 19.4. The molecule has 0 aromatic carbocycles. The topological polar surface area (TPSA) is 71.1 Å². The number of nitrogens with zero attached hydrogens (tertiary/aromatic N) is 1. The normalized spacial score (nSPS) is 21.6. The van der Waals surface area contributed by atoms with Gasteiger partial charge in [-0.15, -0.1) is 0 Å². The maximum absolute atomic E-state index is 12.7. The van der Waals surface area contributed by atoms with Gasteiger partial charge >= 0.3 is 0 Å². The van der Waals surface area contributed by atoms with Crippen LogP contribution in [-0.4, -0.2) is 22.8 Å². The Hall–Kier alpha value is -1.91. The summed E-state index contributed by atoms with van der Waals surface area (Å²) in [7, 11) is 0. The smallest absolute Gasteiger partial charge is 0.248 e. The van der Waals surface area contributed by atoms with E-state index in [1.165, 1.54) is 0 Å². The summed E-state index contributed by atoms with van der Waals surface area (Å²) in [5, 5.41) is 5.83. The van der Waals surface area contributed by atoms with Crippen LogP contribution in [0.3, 0.4) is 0 Å². The second-order valence-corrected chi connectivity index (χ2v) is 7.80. The number of nitrogens with one attached hydrogen (secondary N) is 2. The zero-order chi connectivity index (χ0) is 18.4. The molecule has 0 saturated heterocycles. The number of carbonyl (C=O) groups excluding carboxylic acids is 2. The molecule has 0 spiro atoms. The Bertz CT molecular complexity index is 592. The fraction of sp³-hybridized carbons (Fsp3) is 0.650. The molecule has 1 atom stereocenters. The average Bonchev–Trinajstić information content (AvgIpc) is 2.54. The Labute approximate surface area is 151 Å². The number of anilines is 1. The van der Waals surface area contributed by atoms with Crippen LogP contribution in [0, 0.1) is 24.7 Å². The molecule has 1 heterocycles. The average molecular weight is 345 g/mol. The molecule has 1 aromatic rings. The van der Waals surface area contributed by atoms with E-state index in [4.69, 9.17) is 0 Å². The van der Waals surface area contributed by atoms with Crippen LogP contribution in [0.1, 0.15) is 58.6 Å². The van der Waals surface area contributed by atoms with Crippen LogP contribution in [0.25, 0.3) is 0 Å². The fourth-order valence-corrected chi connectivity index (χ4v) is 3.34. The third kappa shape index (κ3) is 6.15. The van der Waals surface area contributed by atoms with E-state index in [9.17, 15) is 9.59 Å². The minimum absolute atomic E-state index is 0.0184. The summed E-state index contributed by atoms with van der Waals surface area (Å²) in [6.07, 6.45) is 4.64. The highest BCUT2D eigenvalue weighted by Crippen LogP contribution is 2.28. The highest BCUT2D eigenvalue weighted by molar-refractivity contribution is 5.96. The standard InChI is InChI=1S/C20H31N3O2/c1-13(2)12-17(20(25)23-18-7-5-6-15(4)21-18)22-19(24)16-10-8-14(3)9-11-16/h5-7,13-14,16-17H,8-12H2,1-4H3,(H,22,24)(H,21,23,25)/t14?,16?,17-/m1/s1. The van der Waals surface area contributed by atoms with Crippen molar-refractivity contribution in [3.63, 3.8) is 0 Å². The number of carbonyl (C=O) groups is 2. The zero-order valence-corrected chi connectivity index (χ0v) is 15.8. The van der Waals surface area contributed by atoms with Crippen LogP contribution in [0.4, 0.5) is 5.82 Å². The van der Waals surface area contributed by atoms with Gasteiger partial charge in [0.25, 0.3) is 0 Å². The summed E-state index contributed by atoms with van der Waals surface area (Å²) in [4.78, 5) is 29.6. The van der Waals surface area contributed by atoms with E-state index in [0.29, 0.717) is 24.1 Å². The number of hydrogen-bond acceptors (Lipinski definition) is 3. The Kier molecular flexibility index (Phi) is 6.97. The van der Waals surface area contributed by atoms with E-state index in [2.05, 4.69) is 36.4 Å². The highest BCUT2D eigenvalue weighted by atomic mass is 16.2. The summed E-state index contributed by atoms with van der Waals surface area (Å²) < 4.78 is 0. The number of aryl methyl sites for hydroxylation is 1. The van der Waals surface area contributed by atoms with Crippen molar-refractivity contribution >= 4 is 17.6 Å². The number of aromatic nitrogens is 1. The largest absolute Gasteiger partial charge is 0.344 e. The molecular weight excluding hydrogens is 314 g/mol. The first-order valence-electron chi connectivity index (χ1n) is 9.40. The van der Waals surface area contributed by atoms with Crippen molar-refractivity contribution in [3.8, 4) is 0 Å². The molecule has 2 amide bonds. The van der Waals surface area contributed by atoms with Crippen LogP contribution >= 0.6 is 0 Å². The SMILES string of the molecule is Cc1cccc(NC(=O)[C@@H](CC(C)C)NC(=O)C2CCC(C)CC2)n1. The van der Waals surface area contributed by atoms with E-state index in [1.54, 1.807) is 6.07 Å². The van der Waals surface area contributed by atoms with Crippen LogP contribution < -0.4 is 10.6 Å². The fourth-order valence-electron chi connectivity index (χ4n) is 3.34. The molecule has 1 saturated carbocycles. The summed E-state index contributed by atoms with van der Waals surface area (Å²) in [5.74, 6) is 1.41. The molecule has 1 aliphatic carbocycles. The second kappa shape index (κ2) is 8.97. The monoisotopic (exact) mass is 345 g/mol. The quantitative estimate of drug-likeness (QED) is 0.826. The van der Waals surface area contributed by atoms with Crippen LogP contribution in [0.2, 0.25) is 0 Å². The highest BCUT2D eigenvalue weighted by Gasteiger charge is 2.28. The van der Waals surface area contributed by atoms with Crippen molar-refractivity contribution in [2.24, 2.45) is 17.8 Å². The molecule has 0 aliphatic heterocycles. The van der Waals surface area contributed by atoms with Gasteiger partial charge in [-0.25, -0.2) is 4.98 Å². The molecule has 25 heavy (non-hydrogen) atoms. The van der Waals surface area contributed by atoms with Crippen LogP contribution in [0.15, 0.2) is 18.2 Å². The van der Waals surface area contributed by atoms with Crippen LogP contribution in [-0.2, 0) is 9.59 Å². The first-order chi connectivity index (χ1) is 11.8. The summed E-state index contributed by atoms with van der Waals surface area (Å²) in [6, 6.07) is 4.99. The van der Waals surface area contributed by atoms with Crippen molar-refractivity contribution in [2.75, 3.05) is 5.32 Å². The molecule has 2 N–H and O–H groups in total. The van der Waals surface area contributed by atoms with Gasteiger partial charge in [-0.05, 0) is 63.0 Å². The van der Waals surface area contributed by atoms with E-state index in [-0.39, 0.29) is 17.7 Å². The van der Waals surface area contributed by atoms with Crippen molar-refractivity contribution in [2.45, 2.75) is 65.8 Å². The van der Waals surface area contributed by atoms with Gasteiger partial charge in [0.1, 0.15) is 11.9 Å². The van der Waals surface area contributed by atoms with E-state index in [0.717, 1.165) is 31.4 Å². The molecule has 0 unspecified atom stereocenters. The van der Waals surface area contributed by atoms with E-state index in [1.807, 2.05) is 19.1 Å². The lowest BCUT2D eigenvalue weighted by Crippen LogP contribution is -2.47. The van der Waals surface area contributed by atoms with Gasteiger partial charge < -0.3 is 10.6 Å². The lowest BCUT2D eigenvalue weighted by atomic mass is 9.82. The second-order valence-electron chi connectivity index (χ2n) is 7.80. The van der Waals surface area contributed by atoms with E-state index >= 15 is 0 Å². The predicted octanol–water partition coefficient (Wildman–Crippen LogP) is 3.69. The molecule has 2 rings (SSSR count). The third-order valence-electron chi connectivity index (χ3n) is 4.87. The predicted molar refractivity (Wildman–Crippen MR) is 100 cm³/mol. The van der Waals surface area contributed by atoms with Gasteiger partial charge in [-0.1, -0.05) is 26.8 Å². The molecule has 138 valence electrons. The summed E-state index contributed by atoms with van der Waals surface area (Å²) in [6.45, 7) is 8.23. The van der Waals surface area contributed by atoms with Crippen molar-refractivity contribution < 1.29 is 9.59 Å². The van der Waals surface area contributed by atoms with Gasteiger partial charge in [0.05, 0.1) is 0 Å². The molecular formula is C20H31N3O2. The maximum atomic E-state index is 12.7. The third-order valence-corrected chi connectivity index (χ3v) is 4.87. The van der Waals surface area contributed by atoms with Gasteiger partial charge in [-0.2, -0.15) is 0 Å². The molecule has 1 aromatic heterocycles. The Morgan fingerprint density at radius 1 is 1.20 bits per heavy atom. The molecule has 1 fully saturated rings. The molecule has 5 nitrogen and oxygen atoms in total. The van der Waals surface area contributed by atoms with Crippen LogP contribution in [0.5, 0.6) is 0 Å². The maximum Gasteiger partial charge on any atom is 0.248 e. The lowest BCUT2D eigenvalue weighted by molar-refractivity contribution is -0.130. The number of pyridine rings is 1. The van der Waals surface area contributed by atoms with Gasteiger partial charge in [0.2, 0.25) is 11.8 Å². The minimum atomic E-state index is -0.519. The molecule has 0 radical (unpaired) electrons. The zero-order valence-electron chi connectivity index (χ0n) is 15.8. The molecule has 0 bridgehead atoms. The first-order valence-corrected chi connectivity index (χ1v) is 9.40. The van der Waals surface area contributed by atoms with Gasteiger partial charge in [-0.3, -0.25) is 9.59 Å².